The molecule has 2 aliphatic rings. The number of rotatable bonds is 3. The Bertz CT molecular complexity index is 521. The van der Waals surface area contributed by atoms with Crippen LogP contribution in [0.25, 0.3) is 0 Å². The van der Waals surface area contributed by atoms with E-state index in [0.29, 0.717) is 5.56 Å². The van der Waals surface area contributed by atoms with Gasteiger partial charge in [-0.05, 0) is 48.9 Å². The van der Waals surface area contributed by atoms with Crippen molar-refractivity contribution in [2.45, 2.75) is 25.7 Å². The first-order chi connectivity index (χ1) is 9.24. The fourth-order valence-electron chi connectivity index (χ4n) is 2.65. The number of aryl methyl sites for hydroxylation is 2. The summed E-state index contributed by atoms with van der Waals surface area (Å²) in [5.74, 6) is -0.135. The van der Waals surface area contributed by atoms with Gasteiger partial charge >= 0.3 is 0 Å². The Morgan fingerprint density at radius 3 is 2.63 bits per heavy atom. The van der Waals surface area contributed by atoms with Gasteiger partial charge in [-0.2, -0.15) is 0 Å². The second kappa shape index (κ2) is 5.03. The van der Waals surface area contributed by atoms with Crippen LogP contribution >= 0.6 is 0 Å². The third-order valence-corrected chi connectivity index (χ3v) is 3.97. The number of amides is 2. The van der Waals surface area contributed by atoms with Crippen molar-refractivity contribution in [3.05, 3.63) is 34.9 Å². The van der Waals surface area contributed by atoms with Crippen LogP contribution < -0.4 is 5.32 Å². The van der Waals surface area contributed by atoms with Gasteiger partial charge in [0, 0.05) is 18.7 Å². The lowest BCUT2D eigenvalue weighted by Crippen LogP contribution is -2.47. The topological polar surface area (TPSA) is 49.4 Å². The molecule has 0 bridgehead atoms. The minimum absolute atomic E-state index is 0.0146. The maximum atomic E-state index is 12.0. The predicted molar refractivity (Wildman–Crippen MR) is 72.0 cm³/mol. The fourth-order valence-corrected chi connectivity index (χ4v) is 2.65. The first kappa shape index (κ1) is 12.2. The van der Waals surface area contributed by atoms with Gasteiger partial charge in [-0.15, -0.1) is 0 Å². The average molecular weight is 258 g/mol. The molecular formula is C15H18N2O2. The predicted octanol–water partition coefficient (Wildman–Crippen LogP) is 1.14. The number of fused-ring (bicyclic) bond motifs is 1. The lowest BCUT2D eigenvalue weighted by atomic mass is 10.1. The van der Waals surface area contributed by atoms with Crippen LogP contribution in [0.1, 0.15) is 34.3 Å². The Balaban J connectivity index is 1.59. The van der Waals surface area contributed by atoms with Crippen molar-refractivity contribution in [1.29, 1.82) is 0 Å². The van der Waals surface area contributed by atoms with E-state index < -0.39 is 0 Å². The van der Waals surface area contributed by atoms with Gasteiger partial charge in [-0.3, -0.25) is 9.59 Å². The standard InChI is InChI=1S/C15H18N2O2/c18-14(17-7-2-8-17)10-16-15(19)13-6-5-11-3-1-4-12(11)9-13/h5-6,9H,1-4,7-8,10H2,(H,16,19). The van der Waals surface area contributed by atoms with Gasteiger partial charge in [0.15, 0.2) is 0 Å². The zero-order valence-corrected chi connectivity index (χ0v) is 10.9. The third-order valence-electron chi connectivity index (χ3n) is 3.97. The maximum absolute atomic E-state index is 12.0. The zero-order valence-electron chi connectivity index (χ0n) is 10.9. The van der Waals surface area contributed by atoms with Crippen molar-refractivity contribution < 1.29 is 9.59 Å². The van der Waals surface area contributed by atoms with Crippen LogP contribution in [0.2, 0.25) is 0 Å². The van der Waals surface area contributed by atoms with E-state index in [0.717, 1.165) is 32.4 Å². The summed E-state index contributed by atoms with van der Waals surface area (Å²) in [6.07, 6.45) is 4.42. The molecule has 4 heteroatoms. The number of carbonyl (C=O) groups excluding carboxylic acids is 2. The molecule has 0 atom stereocenters. The van der Waals surface area contributed by atoms with Crippen molar-refractivity contribution in [1.82, 2.24) is 10.2 Å². The summed E-state index contributed by atoms with van der Waals surface area (Å²) in [4.78, 5) is 25.4. The van der Waals surface area contributed by atoms with Crippen LogP contribution in [0, 0.1) is 0 Å². The summed E-state index contributed by atoms with van der Waals surface area (Å²) in [6, 6.07) is 5.86. The fraction of sp³-hybridized carbons (Fsp3) is 0.467. The van der Waals surface area contributed by atoms with Crippen LogP contribution in [0.15, 0.2) is 18.2 Å². The van der Waals surface area contributed by atoms with Crippen LogP contribution in [-0.4, -0.2) is 36.3 Å². The second-order valence-corrected chi connectivity index (χ2v) is 5.25. The Kier molecular flexibility index (Phi) is 3.23. The van der Waals surface area contributed by atoms with E-state index in [1.54, 1.807) is 4.90 Å². The molecule has 0 spiro atoms. The van der Waals surface area contributed by atoms with Gasteiger partial charge in [0.25, 0.3) is 5.91 Å². The highest BCUT2D eigenvalue weighted by atomic mass is 16.2. The molecule has 0 aromatic heterocycles. The summed E-state index contributed by atoms with van der Waals surface area (Å²) < 4.78 is 0. The highest BCUT2D eigenvalue weighted by Crippen LogP contribution is 2.22. The van der Waals surface area contributed by atoms with Crippen LogP contribution in [0.3, 0.4) is 0 Å². The third kappa shape index (κ3) is 2.48. The van der Waals surface area contributed by atoms with Crippen molar-refractivity contribution in [3.63, 3.8) is 0 Å². The second-order valence-electron chi connectivity index (χ2n) is 5.25. The van der Waals surface area contributed by atoms with Crippen LogP contribution in [-0.2, 0) is 17.6 Å². The molecule has 1 saturated heterocycles. The molecule has 0 saturated carbocycles. The van der Waals surface area contributed by atoms with E-state index in [-0.39, 0.29) is 18.4 Å². The van der Waals surface area contributed by atoms with Crippen molar-refractivity contribution in [2.24, 2.45) is 0 Å². The number of benzene rings is 1. The lowest BCUT2D eigenvalue weighted by molar-refractivity contribution is -0.133. The molecule has 0 unspecified atom stereocenters. The van der Waals surface area contributed by atoms with Crippen LogP contribution in [0.5, 0.6) is 0 Å². The highest BCUT2D eigenvalue weighted by Gasteiger charge is 2.20. The summed E-state index contributed by atoms with van der Waals surface area (Å²) in [5.41, 5.74) is 3.30. The van der Waals surface area contributed by atoms with E-state index in [1.165, 1.54) is 17.5 Å². The Morgan fingerprint density at radius 2 is 1.89 bits per heavy atom. The van der Waals surface area contributed by atoms with Crippen LogP contribution in [0.4, 0.5) is 0 Å². The molecule has 1 aromatic rings. The Hall–Kier alpha value is -1.84. The molecule has 1 N–H and O–H groups in total. The molecule has 19 heavy (non-hydrogen) atoms. The van der Waals surface area contributed by atoms with E-state index in [1.807, 2.05) is 18.2 Å². The molecular weight excluding hydrogens is 240 g/mol. The zero-order chi connectivity index (χ0) is 13.2. The minimum atomic E-state index is -0.149. The van der Waals surface area contributed by atoms with E-state index in [9.17, 15) is 9.59 Å². The van der Waals surface area contributed by atoms with Gasteiger partial charge < -0.3 is 10.2 Å². The van der Waals surface area contributed by atoms with Gasteiger partial charge in [0.1, 0.15) is 0 Å². The average Bonchev–Trinajstić information content (AvgIpc) is 2.80. The number of nitrogens with zero attached hydrogens (tertiary/aromatic N) is 1. The first-order valence-electron chi connectivity index (χ1n) is 6.92. The Morgan fingerprint density at radius 1 is 1.11 bits per heavy atom. The molecule has 1 aliphatic carbocycles. The van der Waals surface area contributed by atoms with Crippen molar-refractivity contribution in [3.8, 4) is 0 Å². The number of hydrogen-bond acceptors (Lipinski definition) is 2. The quantitative estimate of drug-likeness (QED) is 0.883. The number of likely N-dealkylation sites (tertiary alicyclic amines) is 1. The van der Waals surface area contributed by atoms with Gasteiger partial charge in [0.05, 0.1) is 6.54 Å². The smallest absolute Gasteiger partial charge is 0.251 e. The molecule has 3 rings (SSSR count). The monoisotopic (exact) mass is 258 g/mol. The minimum Gasteiger partial charge on any atom is -0.343 e. The number of hydrogen-bond donors (Lipinski definition) is 1. The summed E-state index contributed by atoms with van der Waals surface area (Å²) in [5, 5.41) is 2.71. The maximum Gasteiger partial charge on any atom is 0.251 e. The van der Waals surface area contributed by atoms with Gasteiger partial charge in [-0.1, -0.05) is 6.07 Å². The van der Waals surface area contributed by atoms with Crippen molar-refractivity contribution >= 4 is 11.8 Å². The molecule has 4 nitrogen and oxygen atoms in total. The summed E-state index contributed by atoms with van der Waals surface area (Å²) in [7, 11) is 0. The molecule has 1 heterocycles. The molecule has 100 valence electrons. The highest BCUT2D eigenvalue weighted by molar-refractivity contribution is 5.96. The van der Waals surface area contributed by atoms with Crippen molar-refractivity contribution in [2.75, 3.05) is 19.6 Å². The number of nitrogens with one attached hydrogen (secondary N) is 1. The molecule has 2 amide bonds. The summed E-state index contributed by atoms with van der Waals surface area (Å²) >= 11 is 0. The van der Waals surface area contributed by atoms with Gasteiger partial charge in [0.2, 0.25) is 5.91 Å². The first-order valence-corrected chi connectivity index (χ1v) is 6.92. The Labute approximate surface area is 112 Å². The molecule has 1 aliphatic heterocycles. The number of carbonyl (C=O) groups is 2. The summed E-state index contributed by atoms with van der Waals surface area (Å²) in [6.45, 7) is 1.76. The molecule has 0 radical (unpaired) electrons. The largest absolute Gasteiger partial charge is 0.343 e. The van der Waals surface area contributed by atoms with Gasteiger partial charge in [-0.25, -0.2) is 0 Å². The molecule has 1 fully saturated rings. The molecule has 1 aromatic carbocycles. The van der Waals surface area contributed by atoms with E-state index in [4.69, 9.17) is 0 Å². The lowest BCUT2D eigenvalue weighted by Gasteiger charge is -2.30. The van der Waals surface area contributed by atoms with E-state index in [2.05, 4.69) is 5.32 Å². The van der Waals surface area contributed by atoms with E-state index >= 15 is 0 Å². The normalized spacial score (nSPS) is 16.7. The SMILES string of the molecule is O=C(NCC(=O)N1CCC1)c1ccc2c(c1)CCC2.